The second-order valence-electron chi connectivity index (χ2n) is 7.20. The number of amides is 1. The van der Waals surface area contributed by atoms with Crippen LogP contribution in [0.15, 0.2) is 46.3 Å². The molecule has 33 heavy (non-hydrogen) atoms. The van der Waals surface area contributed by atoms with E-state index in [0.717, 1.165) is 17.5 Å². The molecule has 0 aliphatic heterocycles. The molecular formula is C23H23Cl2N3O3S2. The standard InChI is InChI=1S/C23H23Cl2N3O3S2/c1-4-7-13-27(6-3)33(30,31)18-10-8-16(9-11-18)22(29)26-23-28(12-5-2)21-19(25)14-17(24)15-20(21)32-23/h2,8-11,14-15H,4,6-7,12-13H2,1,3H3. The summed E-state index contributed by atoms with van der Waals surface area (Å²) in [5.74, 6) is 2.03. The Balaban J connectivity index is 1.97. The van der Waals surface area contributed by atoms with E-state index in [2.05, 4.69) is 10.9 Å². The normalized spacial score (nSPS) is 12.4. The lowest BCUT2D eigenvalue weighted by Gasteiger charge is -2.20. The van der Waals surface area contributed by atoms with Crippen molar-refractivity contribution < 1.29 is 13.2 Å². The summed E-state index contributed by atoms with van der Waals surface area (Å²) in [5, 5.41) is 0.882. The fraction of sp³-hybridized carbons (Fsp3) is 0.304. The second-order valence-corrected chi connectivity index (χ2v) is 11.0. The molecule has 3 rings (SSSR count). The van der Waals surface area contributed by atoms with Crippen molar-refractivity contribution >= 4 is 60.7 Å². The van der Waals surface area contributed by atoms with E-state index in [-0.39, 0.29) is 17.0 Å². The fourth-order valence-corrected chi connectivity index (χ4v) is 6.60. The number of nitrogens with zero attached hydrogens (tertiary/aromatic N) is 3. The van der Waals surface area contributed by atoms with E-state index in [9.17, 15) is 13.2 Å². The molecule has 0 atom stereocenters. The lowest BCUT2D eigenvalue weighted by atomic mass is 10.2. The molecule has 0 aliphatic carbocycles. The Morgan fingerprint density at radius 3 is 2.52 bits per heavy atom. The maximum atomic E-state index is 12.9. The van der Waals surface area contributed by atoms with Crippen LogP contribution in [0.2, 0.25) is 10.0 Å². The molecule has 6 nitrogen and oxygen atoms in total. The Labute approximate surface area is 207 Å². The maximum absolute atomic E-state index is 12.9. The highest BCUT2D eigenvalue weighted by molar-refractivity contribution is 7.89. The molecule has 10 heteroatoms. The van der Waals surface area contributed by atoms with Gasteiger partial charge in [-0.3, -0.25) is 4.79 Å². The highest BCUT2D eigenvalue weighted by atomic mass is 35.5. The van der Waals surface area contributed by atoms with E-state index in [1.54, 1.807) is 23.6 Å². The van der Waals surface area contributed by atoms with E-state index >= 15 is 0 Å². The average molecular weight is 524 g/mol. The Morgan fingerprint density at radius 1 is 1.21 bits per heavy atom. The van der Waals surface area contributed by atoms with Crippen molar-refractivity contribution in [3.8, 4) is 12.3 Å². The minimum atomic E-state index is -3.62. The van der Waals surface area contributed by atoms with Gasteiger partial charge in [-0.15, -0.1) is 6.42 Å². The van der Waals surface area contributed by atoms with Crippen molar-refractivity contribution in [1.82, 2.24) is 8.87 Å². The molecule has 0 spiro atoms. The first kappa shape index (κ1) is 25.5. The van der Waals surface area contributed by atoms with Crippen LogP contribution < -0.4 is 4.80 Å². The monoisotopic (exact) mass is 523 g/mol. The summed E-state index contributed by atoms with van der Waals surface area (Å²) in [6.45, 7) is 4.83. The van der Waals surface area contributed by atoms with Gasteiger partial charge in [-0.2, -0.15) is 9.30 Å². The summed E-state index contributed by atoms with van der Waals surface area (Å²) in [4.78, 5) is 17.6. The zero-order valence-electron chi connectivity index (χ0n) is 18.2. The molecule has 0 radical (unpaired) electrons. The summed E-state index contributed by atoms with van der Waals surface area (Å²) in [5.41, 5.74) is 0.920. The molecule has 1 amide bonds. The molecule has 3 aromatic rings. The smallest absolute Gasteiger partial charge is 0.279 e. The van der Waals surface area contributed by atoms with Gasteiger partial charge in [0.15, 0.2) is 4.80 Å². The molecule has 0 saturated heterocycles. The van der Waals surface area contributed by atoms with E-state index in [4.69, 9.17) is 29.6 Å². The van der Waals surface area contributed by atoms with Gasteiger partial charge in [0, 0.05) is 23.7 Å². The predicted molar refractivity (Wildman–Crippen MR) is 134 cm³/mol. The predicted octanol–water partition coefficient (Wildman–Crippen LogP) is 5.19. The van der Waals surface area contributed by atoms with Crippen molar-refractivity contribution in [2.24, 2.45) is 4.99 Å². The molecule has 174 valence electrons. The zero-order chi connectivity index (χ0) is 24.2. The molecule has 1 heterocycles. The van der Waals surface area contributed by atoms with Crippen molar-refractivity contribution in [2.45, 2.75) is 38.1 Å². The largest absolute Gasteiger partial charge is 0.303 e. The van der Waals surface area contributed by atoms with Crippen LogP contribution >= 0.6 is 34.5 Å². The van der Waals surface area contributed by atoms with Crippen molar-refractivity contribution in [3.63, 3.8) is 0 Å². The summed E-state index contributed by atoms with van der Waals surface area (Å²) < 4.78 is 29.7. The molecule has 0 saturated carbocycles. The number of fused-ring (bicyclic) bond motifs is 1. The number of aromatic nitrogens is 1. The van der Waals surface area contributed by atoms with Crippen LogP contribution in [-0.2, 0) is 16.6 Å². The molecule has 0 bridgehead atoms. The lowest BCUT2D eigenvalue weighted by molar-refractivity contribution is 0.0998. The second kappa shape index (κ2) is 10.9. The fourth-order valence-electron chi connectivity index (χ4n) is 3.31. The van der Waals surface area contributed by atoms with E-state index in [1.165, 1.54) is 39.9 Å². The Kier molecular flexibility index (Phi) is 8.38. The van der Waals surface area contributed by atoms with Crippen LogP contribution in [0.3, 0.4) is 0 Å². The number of sulfonamides is 1. The van der Waals surface area contributed by atoms with Gasteiger partial charge in [0.05, 0.1) is 26.7 Å². The van der Waals surface area contributed by atoms with E-state index in [1.807, 2.05) is 6.92 Å². The first-order valence-electron chi connectivity index (χ1n) is 10.3. The van der Waals surface area contributed by atoms with Gasteiger partial charge >= 0.3 is 0 Å². The van der Waals surface area contributed by atoms with Crippen molar-refractivity contribution in [3.05, 3.63) is 56.8 Å². The number of hydrogen-bond donors (Lipinski definition) is 0. The number of carbonyl (C=O) groups excluding carboxylic acids is 1. The molecule has 0 N–H and O–H groups in total. The van der Waals surface area contributed by atoms with Gasteiger partial charge in [0.25, 0.3) is 5.91 Å². The number of terminal acetylenes is 1. The Bertz CT molecular complexity index is 1390. The number of carbonyl (C=O) groups is 1. The highest BCUT2D eigenvalue weighted by Gasteiger charge is 2.22. The van der Waals surface area contributed by atoms with E-state index < -0.39 is 15.9 Å². The zero-order valence-corrected chi connectivity index (χ0v) is 21.4. The number of thiazole rings is 1. The lowest BCUT2D eigenvalue weighted by Crippen LogP contribution is -2.31. The molecule has 1 aromatic heterocycles. The van der Waals surface area contributed by atoms with Crippen LogP contribution in [0.1, 0.15) is 37.0 Å². The minimum Gasteiger partial charge on any atom is -0.303 e. The van der Waals surface area contributed by atoms with Crippen LogP contribution in [0.4, 0.5) is 0 Å². The highest BCUT2D eigenvalue weighted by Crippen LogP contribution is 2.29. The molecule has 0 aliphatic rings. The van der Waals surface area contributed by atoms with Gasteiger partial charge in [-0.1, -0.05) is 60.7 Å². The SMILES string of the molecule is C#CCn1c(=NC(=O)c2ccc(S(=O)(=O)N(CC)CCCC)cc2)sc2cc(Cl)cc(Cl)c21. The summed E-state index contributed by atoms with van der Waals surface area (Å²) in [7, 11) is -3.62. The van der Waals surface area contributed by atoms with Gasteiger partial charge in [0.2, 0.25) is 10.0 Å². The minimum absolute atomic E-state index is 0.141. The summed E-state index contributed by atoms with van der Waals surface area (Å²) >= 11 is 13.7. The quantitative estimate of drug-likeness (QED) is 0.381. The molecule has 0 unspecified atom stereocenters. The van der Waals surface area contributed by atoms with Crippen LogP contribution in [0, 0.1) is 12.3 Å². The van der Waals surface area contributed by atoms with Crippen LogP contribution in [-0.4, -0.2) is 36.3 Å². The van der Waals surface area contributed by atoms with Gasteiger partial charge in [-0.25, -0.2) is 8.42 Å². The third-order valence-corrected chi connectivity index (χ3v) is 8.51. The number of halogens is 2. The van der Waals surface area contributed by atoms with Crippen LogP contribution in [0.25, 0.3) is 10.2 Å². The number of benzene rings is 2. The Hall–Kier alpha value is -2.15. The van der Waals surface area contributed by atoms with Crippen molar-refractivity contribution in [2.75, 3.05) is 13.1 Å². The first-order chi connectivity index (χ1) is 15.7. The average Bonchev–Trinajstić information content (AvgIpc) is 3.11. The molecular weight excluding hydrogens is 501 g/mol. The van der Waals surface area contributed by atoms with Gasteiger partial charge in [-0.05, 0) is 42.8 Å². The van der Waals surface area contributed by atoms with Crippen molar-refractivity contribution in [1.29, 1.82) is 0 Å². The molecule has 2 aromatic carbocycles. The number of unbranched alkanes of at least 4 members (excludes halogenated alkanes) is 1. The number of hydrogen-bond acceptors (Lipinski definition) is 4. The van der Waals surface area contributed by atoms with Gasteiger partial charge in [0.1, 0.15) is 0 Å². The van der Waals surface area contributed by atoms with E-state index in [0.29, 0.717) is 33.5 Å². The Morgan fingerprint density at radius 2 is 1.91 bits per heavy atom. The number of rotatable bonds is 8. The topological polar surface area (TPSA) is 71.7 Å². The van der Waals surface area contributed by atoms with Gasteiger partial charge < -0.3 is 4.57 Å². The summed E-state index contributed by atoms with van der Waals surface area (Å²) in [6, 6.07) is 9.15. The van der Waals surface area contributed by atoms with Crippen LogP contribution in [0.5, 0.6) is 0 Å². The third kappa shape index (κ3) is 5.51. The maximum Gasteiger partial charge on any atom is 0.279 e. The summed E-state index contributed by atoms with van der Waals surface area (Å²) in [6.07, 6.45) is 7.18. The third-order valence-electron chi connectivity index (χ3n) is 4.99. The molecule has 0 fully saturated rings. The first-order valence-corrected chi connectivity index (χ1v) is 13.3.